The standard InChI is InChI=1S/C8H9NO2/c9-4-3-6-1-2-7(10)5-8(6)11/h1-3,7-8,10-11H,5H2/b6-3-/t7-,8-/m0/s1. The van der Waals surface area contributed by atoms with E-state index >= 15 is 0 Å². The van der Waals surface area contributed by atoms with Gasteiger partial charge in [0.2, 0.25) is 0 Å². The lowest BCUT2D eigenvalue weighted by atomic mass is 9.97. The number of nitriles is 1. The molecule has 0 unspecified atom stereocenters. The van der Waals surface area contributed by atoms with Gasteiger partial charge in [-0.05, 0) is 5.57 Å². The second-order valence-electron chi connectivity index (χ2n) is 2.45. The topological polar surface area (TPSA) is 64.2 Å². The molecular formula is C8H9NO2. The molecule has 0 spiro atoms. The van der Waals surface area contributed by atoms with Gasteiger partial charge in [0.25, 0.3) is 0 Å². The second kappa shape index (κ2) is 3.33. The summed E-state index contributed by atoms with van der Waals surface area (Å²) >= 11 is 0. The molecular weight excluding hydrogens is 142 g/mol. The fourth-order valence-corrected chi connectivity index (χ4v) is 0.995. The van der Waals surface area contributed by atoms with E-state index in [0.29, 0.717) is 5.57 Å². The molecule has 0 aromatic rings. The van der Waals surface area contributed by atoms with Crippen molar-refractivity contribution in [3.05, 3.63) is 23.8 Å². The lowest BCUT2D eigenvalue weighted by Gasteiger charge is -2.18. The summed E-state index contributed by atoms with van der Waals surface area (Å²) in [6.45, 7) is 0. The Morgan fingerprint density at radius 1 is 1.64 bits per heavy atom. The predicted molar refractivity (Wildman–Crippen MR) is 39.5 cm³/mol. The Labute approximate surface area is 64.9 Å². The summed E-state index contributed by atoms with van der Waals surface area (Å²) in [5, 5.41) is 26.5. The van der Waals surface area contributed by atoms with Crippen LogP contribution in [0, 0.1) is 11.3 Å². The lowest BCUT2D eigenvalue weighted by Crippen LogP contribution is -2.21. The third-order valence-electron chi connectivity index (χ3n) is 1.59. The smallest absolute Gasteiger partial charge is 0.0915 e. The molecule has 3 nitrogen and oxygen atoms in total. The van der Waals surface area contributed by atoms with Crippen LogP contribution in [-0.2, 0) is 0 Å². The van der Waals surface area contributed by atoms with E-state index in [1.54, 1.807) is 12.2 Å². The number of hydrogen-bond donors (Lipinski definition) is 2. The molecule has 11 heavy (non-hydrogen) atoms. The summed E-state index contributed by atoms with van der Waals surface area (Å²) in [7, 11) is 0. The first-order chi connectivity index (χ1) is 5.24. The average Bonchev–Trinajstić information content (AvgIpc) is 1.95. The Hall–Kier alpha value is -1.11. The molecule has 3 heteroatoms. The normalized spacial score (nSPS) is 33.7. The monoisotopic (exact) mass is 151 g/mol. The Morgan fingerprint density at radius 2 is 2.36 bits per heavy atom. The van der Waals surface area contributed by atoms with Crippen LogP contribution in [0.25, 0.3) is 0 Å². The highest BCUT2D eigenvalue weighted by Gasteiger charge is 2.16. The van der Waals surface area contributed by atoms with E-state index in [2.05, 4.69) is 0 Å². The van der Waals surface area contributed by atoms with Crippen molar-refractivity contribution in [1.82, 2.24) is 0 Å². The van der Waals surface area contributed by atoms with Crippen molar-refractivity contribution in [2.24, 2.45) is 0 Å². The molecule has 0 aliphatic heterocycles. The molecule has 58 valence electrons. The van der Waals surface area contributed by atoms with E-state index in [0.717, 1.165) is 0 Å². The van der Waals surface area contributed by atoms with Crippen LogP contribution < -0.4 is 0 Å². The number of aliphatic hydroxyl groups is 2. The maximum absolute atomic E-state index is 9.24. The molecule has 0 amide bonds. The Balaban J connectivity index is 2.78. The third kappa shape index (κ3) is 1.90. The van der Waals surface area contributed by atoms with Gasteiger partial charge in [-0.2, -0.15) is 5.26 Å². The van der Waals surface area contributed by atoms with E-state index < -0.39 is 12.2 Å². The first-order valence-corrected chi connectivity index (χ1v) is 3.38. The number of hydrogen-bond acceptors (Lipinski definition) is 3. The van der Waals surface area contributed by atoms with Crippen LogP contribution in [-0.4, -0.2) is 22.4 Å². The first-order valence-electron chi connectivity index (χ1n) is 3.38. The molecule has 2 atom stereocenters. The molecule has 0 aromatic heterocycles. The summed E-state index contributed by atoms with van der Waals surface area (Å²) in [4.78, 5) is 0. The highest BCUT2D eigenvalue weighted by molar-refractivity contribution is 5.31. The highest BCUT2D eigenvalue weighted by atomic mass is 16.3. The molecule has 1 rings (SSSR count). The number of nitrogens with zero attached hydrogens (tertiary/aromatic N) is 1. The van der Waals surface area contributed by atoms with Gasteiger partial charge < -0.3 is 10.2 Å². The Kier molecular flexibility index (Phi) is 2.42. The van der Waals surface area contributed by atoms with Gasteiger partial charge in [-0.3, -0.25) is 0 Å². The maximum atomic E-state index is 9.24. The second-order valence-corrected chi connectivity index (χ2v) is 2.45. The van der Waals surface area contributed by atoms with Crippen molar-refractivity contribution in [2.45, 2.75) is 18.6 Å². The van der Waals surface area contributed by atoms with E-state index in [1.165, 1.54) is 6.08 Å². The molecule has 0 radical (unpaired) electrons. The number of rotatable bonds is 0. The first kappa shape index (κ1) is 7.99. The van der Waals surface area contributed by atoms with E-state index in [1.807, 2.05) is 6.07 Å². The van der Waals surface area contributed by atoms with Crippen molar-refractivity contribution in [1.29, 1.82) is 5.26 Å². The van der Waals surface area contributed by atoms with Gasteiger partial charge in [0.05, 0.1) is 18.3 Å². The minimum absolute atomic E-state index is 0.282. The van der Waals surface area contributed by atoms with Gasteiger partial charge in [0, 0.05) is 12.5 Å². The van der Waals surface area contributed by atoms with Gasteiger partial charge in [0.1, 0.15) is 0 Å². The SMILES string of the molecule is N#C/C=C1/C=C[C@H](O)C[C@@H]1O. The molecule has 0 heterocycles. The summed E-state index contributed by atoms with van der Waals surface area (Å²) in [6, 6.07) is 1.83. The van der Waals surface area contributed by atoms with E-state index in [4.69, 9.17) is 10.4 Å². The van der Waals surface area contributed by atoms with Crippen LogP contribution in [0.4, 0.5) is 0 Å². The average molecular weight is 151 g/mol. The Morgan fingerprint density at radius 3 is 2.91 bits per heavy atom. The minimum atomic E-state index is -0.699. The van der Waals surface area contributed by atoms with Crippen LogP contribution in [0.5, 0.6) is 0 Å². The van der Waals surface area contributed by atoms with Crippen molar-refractivity contribution in [3.8, 4) is 6.07 Å². The predicted octanol–water partition coefficient (Wildman–Crippen LogP) is 0.118. The van der Waals surface area contributed by atoms with Gasteiger partial charge in [-0.1, -0.05) is 12.2 Å². The molecule has 0 saturated carbocycles. The molecule has 0 fully saturated rings. The molecule has 0 bridgehead atoms. The largest absolute Gasteiger partial charge is 0.389 e. The quantitative estimate of drug-likeness (QED) is 0.483. The summed E-state index contributed by atoms with van der Waals surface area (Å²) < 4.78 is 0. The zero-order chi connectivity index (χ0) is 8.27. The maximum Gasteiger partial charge on any atom is 0.0915 e. The lowest BCUT2D eigenvalue weighted by molar-refractivity contribution is 0.122. The number of aliphatic hydroxyl groups excluding tert-OH is 2. The minimum Gasteiger partial charge on any atom is -0.389 e. The van der Waals surface area contributed by atoms with Crippen molar-refractivity contribution >= 4 is 0 Å². The zero-order valence-corrected chi connectivity index (χ0v) is 5.94. The zero-order valence-electron chi connectivity index (χ0n) is 5.94. The van der Waals surface area contributed by atoms with Gasteiger partial charge >= 0.3 is 0 Å². The van der Waals surface area contributed by atoms with E-state index in [9.17, 15) is 5.11 Å². The molecule has 1 aliphatic rings. The Bertz CT molecular complexity index is 237. The molecule has 2 N–H and O–H groups in total. The van der Waals surface area contributed by atoms with Gasteiger partial charge in [0.15, 0.2) is 0 Å². The fourth-order valence-electron chi connectivity index (χ4n) is 0.995. The van der Waals surface area contributed by atoms with E-state index in [-0.39, 0.29) is 6.42 Å². The molecule has 1 aliphatic carbocycles. The highest BCUT2D eigenvalue weighted by Crippen LogP contribution is 2.16. The summed E-state index contributed by atoms with van der Waals surface area (Å²) in [5.41, 5.74) is 0.567. The van der Waals surface area contributed by atoms with Crippen LogP contribution in [0.2, 0.25) is 0 Å². The molecule has 0 aromatic carbocycles. The summed E-state index contributed by atoms with van der Waals surface area (Å²) in [6.07, 6.45) is 3.42. The van der Waals surface area contributed by atoms with Crippen molar-refractivity contribution in [2.75, 3.05) is 0 Å². The van der Waals surface area contributed by atoms with Gasteiger partial charge in [-0.25, -0.2) is 0 Å². The summed E-state index contributed by atoms with van der Waals surface area (Å²) in [5.74, 6) is 0. The van der Waals surface area contributed by atoms with Crippen LogP contribution in [0.15, 0.2) is 23.8 Å². The molecule has 0 saturated heterocycles. The van der Waals surface area contributed by atoms with Crippen LogP contribution >= 0.6 is 0 Å². The third-order valence-corrected chi connectivity index (χ3v) is 1.59. The fraction of sp³-hybridized carbons (Fsp3) is 0.375. The van der Waals surface area contributed by atoms with Crippen LogP contribution in [0.1, 0.15) is 6.42 Å². The number of allylic oxidation sites excluding steroid dienone is 1. The van der Waals surface area contributed by atoms with Crippen molar-refractivity contribution in [3.63, 3.8) is 0 Å². The van der Waals surface area contributed by atoms with Crippen LogP contribution in [0.3, 0.4) is 0 Å². The van der Waals surface area contributed by atoms with Gasteiger partial charge in [-0.15, -0.1) is 0 Å². The van der Waals surface area contributed by atoms with Crippen molar-refractivity contribution < 1.29 is 10.2 Å².